The minimum absolute atomic E-state index is 0.268. The van der Waals surface area contributed by atoms with Crippen LogP contribution in [-0.2, 0) is 6.54 Å². The highest BCUT2D eigenvalue weighted by Gasteiger charge is 2.31. The van der Waals surface area contributed by atoms with Crippen LogP contribution < -0.4 is 5.32 Å². The first kappa shape index (κ1) is 16.5. The van der Waals surface area contributed by atoms with Crippen molar-refractivity contribution in [2.24, 2.45) is 5.92 Å². The van der Waals surface area contributed by atoms with E-state index in [2.05, 4.69) is 61.3 Å². The molecule has 1 aromatic carbocycles. The molecule has 1 saturated heterocycles. The number of hydrogen-bond acceptors (Lipinski definition) is 3. The fourth-order valence-electron chi connectivity index (χ4n) is 2.84. The third-order valence-electron chi connectivity index (χ3n) is 4.92. The average molecular weight is 290 g/mol. The molecule has 0 aliphatic carbocycles. The van der Waals surface area contributed by atoms with Gasteiger partial charge in [0, 0.05) is 31.7 Å². The summed E-state index contributed by atoms with van der Waals surface area (Å²) < 4.78 is 0. The lowest BCUT2D eigenvalue weighted by molar-refractivity contribution is 0.0120. The topological polar surface area (TPSA) is 35.5 Å². The van der Waals surface area contributed by atoms with Crippen molar-refractivity contribution < 1.29 is 5.11 Å². The number of likely N-dealkylation sites (tertiary alicyclic amines) is 1. The van der Waals surface area contributed by atoms with Crippen molar-refractivity contribution >= 4 is 0 Å². The fourth-order valence-corrected chi connectivity index (χ4v) is 2.84. The largest absolute Gasteiger partial charge is 0.389 e. The molecule has 1 aromatic rings. The van der Waals surface area contributed by atoms with Gasteiger partial charge >= 0.3 is 0 Å². The Balaban J connectivity index is 1.84. The predicted molar refractivity (Wildman–Crippen MR) is 88.2 cm³/mol. The molecule has 3 heteroatoms. The maximum Gasteiger partial charge on any atom is 0.0766 e. The van der Waals surface area contributed by atoms with E-state index >= 15 is 0 Å². The van der Waals surface area contributed by atoms with Crippen LogP contribution in [0.1, 0.15) is 39.7 Å². The number of rotatable bonds is 6. The van der Waals surface area contributed by atoms with Gasteiger partial charge in [-0.2, -0.15) is 0 Å². The Morgan fingerprint density at radius 1 is 1.33 bits per heavy atom. The molecule has 0 amide bonds. The van der Waals surface area contributed by atoms with Gasteiger partial charge < -0.3 is 10.4 Å². The molecule has 3 unspecified atom stereocenters. The molecule has 2 rings (SSSR count). The van der Waals surface area contributed by atoms with Crippen molar-refractivity contribution in [2.45, 2.75) is 58.3 Å². The Hall–Kier alpha value is -0.900. The molecular formula is C18H30N2O. The van der Waals surface area contributed by atoms with Gasteiger partial charge in [-0.1, -0.05) is 44.2 Å². The molecule has 2 N–H and O–H groups in total. The second-order valence-electron chi connectivity index (χ2n) is 7.09. The van der Waals surface area contributed by atoms with Crippen LogP contribution in [0.2, 0.25) is 0 Å². The summed E-state index contributed by atoms with van der Waals surface area (Å²) >= 11 is 0. The molecule has 0 saturated carbocycles. The Kier molecular flexibility index (Phi) is 5.42. The Morgan fingerprint density at radius 2 is 2.00 bits per heavy atom. The first-order chi connectivity index (χ1) is 9.88. The summed E-state index contributed by atoms with van der Waals surface area (Å²) in [4.78, 5) is 2.52. The van der Waals surface area contributed by atoms with Gasteiger partial charge in [0.1, 0.15) is 0 Å². The first-order valence-electron chi connectivity index (χ1n) is 8.12. The van der Waals surface area contributed by atoms with Gasteiger partial charge in [0.25, 0.3) is 0 Å². The average Bonchev–Trinajstić information content (AvgIpc) is 2.78. The molecule has 0 bridgehead atoms. The van der Waals surface area contributed by atoms with E-state index in [4.69, 9.17) is 0 Å². The molecule has 118 valence electrons. The third-order valence-corrected chi connectivity index (χ3v) is 4.92. The fraction of sp³-hybridized carbons (Fsp3) is 0.667. The van der Waals surface area contributed by atoms with Gasteiger partial charge in [-0.25, -0.2) is 0 Å². The SMILES string of the molecule is CC1CC(NCC(C)(O)C(C)C)CN1Cc1ccccc1. The molecule has 3 nitrogen and oxygen atoms in total. The van der Waals surface area contributed by atoms with E-state index in [0.717, 1.165) is 19.5 Å². The highest BCUT2D eigenvalue weighted by molar-refractivity contribution is 5.15. The van der Waals surface area contributed by atoms with E-state index < -0.39 is 5.60 Å². The van der Waals surface area contributed by atoms with Gasteiger partial charge in [-0.05, 0) is 31.7 Å². The minimum atomic E-state index is -0.629. The molecule has 1 fully saturated rings. The Morgan fingerprint density at radius 3 is 2.62 bits per heavy atom. The van der Waals surface area contributed by atoms with Crippen molar-refractivity contribution in [1.82, 2.24) is 10.2 Å². The Labute approximate surface area is 129 Å². The summed E-state index contributed by atoms with van der Waals surface area (Å²) in [6.45, 7) is 11.1. The van der Waals surface area contributed by atoms with Crippen LogP contribution in [0.4, 0.5) is 0 Å². The molecule has 1 aliphatic rings. The lowest BCUT2D eigenvalue weighted by Crippen LogP contribution is -2.46. The normalized spacial score (nSPS) is 26.2. The zero-order valence-electron chi connectivity index (χ0n) is 13.8. The van der Waals surface area contributed by atoms with Crippen LogP contribution in [0.25, 0.3) is 0 Å². The maximum atomic E-state index is 10.3. The second-order valence-corrected chi connectivity index (χ2v) is 7.09. The van der Waals surface area contributed by atoms with E-state index in [-0.39, 0.29) is 5.92 Å². The summed E-state index contributed by atoms with van der Waals surface area (Å²) in [5, 5.41) is 13.9. The van der Waals surface area contributed by atoms with Gasteiger partial charge in [0.15, 0.2) is 0 Å². The minimum Gasteiger partial charge on any atom is -0.389 e. The van der Waals surface area contributed by atoms with E-state index in [0.29, 0.717) is 18.6 Å². The summed E-state index contributed by atoms with van der Waals surface area (Å²) in [5.74, 6) is 0.268. The van der Waals surface area contributed by atoms with E-state index in [1.165, 1.54) is 5.56 Å². The van der Waals surface area contributed by atoms with E-state index in [1.54, 1.807) is 0 Å². The van der Waals surface area contributed by atoms with Crippen molar-refractivity contribution in [1.29, 1.82) is 0 Å². The van der Waals surface area contributed by atoms with Crippen molar-refractivity contribution in [2.75, 3.05) is 13.1 Å². The van der Waals surface area contributed by atoms with Crippen LogP contribution in [0.3, 0.4) is 0 Å². The molecular weight excluding hydrogens is 260 g/mol. The summed E-state index contributed by atoms with van der Waals surface area (Å²) in [5.41, 5.74) is 0.745. The van der Waals surface area contributed by atoms with Crippen LogP contribution in [0.5, 0.6) is 0 Å². The first-order valence-corrected chi connectivity index (χ1v) is 8.12. The lowest BCUT2D eigenvalue weighted by atomic mass is 9.92. The second kappa shape index (κ2) is 6.91. The number of benzene rings is 1. The molecule has 1 heterocycles. The molecule has 21 heavy (non-hydrogen) atoms. The van der Waals surface area contributed by atoms with Crippen LogP contribution in [-0.4, -0.2) is 40.8 Å². The van der Waals surface area contributed by atoms with E-state index in [1.807, 2.05) is 6.92 Å². The maximum absolute atomic E-state index is 10.3. The zero-order chi connectivity index (χ0) is 15.5. The van der Waals surface area contributed by atoms with Crippen molar-refractivity contribution in [3.05, 3.63) is 35.9 Å². The van der Waals surface area contributed by atoms with Crippen LogP contribution in [0.15, 0.2) is 30.3 Å². The zero-order valence-corrected chi connectivity index (χ0v) is 13.8. The molecule has 0 aromatic heterocycles. The monoisotopic (exact) mass is 290 g/mol. The smallest absolute Gasteiger partial charge is 0.0766 e. The summed E-state index contributed by atoms with van der Waals surface area (Å²) in [6, 6.07) is 11.7. The Bertz CT molecular complexity index is 430. The van der Waals surface area contributed by atoms with Crippen molar-refractivity contribution in [3.63, 3.8) is 0 Å². The highest BCUT2D eigenvalue weighted by Crippen LogP contribution is 2.21. The number of hydrogen-bond donors (Lipinski definition) is 2. The molecule has 0 radical (unpaired) electrons. The third kappa shape index (κ3) is 4.53. The summed E-state index contributed by atoms with van der Waals surface area (Å²) in [7, 11) is 0. The van der Waals surface area contributed by atoms with Crippen LogP contribution >= 0.6 is 0 Å². The standard InChI is InChI=1S/C18H30N2O/c1-14(2)18(4,21)13-19-17-10-15(3)20(12-17)11-16-8-6-5-7-9-16/h5-9,14-15,17,19,21H,10-13H2,1-4H3. The van der Waals surface area contributed by atoms with Gasteiger partial charge in [0.2, 0.25) is 0 Å². The number of nitrogens with zero attached hydrogens (tertiary/aromatic N) is 1. The van der Waals surface area contributed by atoms with Gasteiger partial charge in [0.05, 0.1) is 5.60 Å². The van der Waals surface area contributed by atoms with Crippen molar-refractivity contribution in [3.8, 4) is 0 Å². The number of nitrogens with one attached hydrogen (secondary N) is 1. The summed E-state index contributed by atoms with van der Waals surface area (Å²) in [6.07, 6.45) is 1.15. The quantitative estimate of drug-likeness (QED) is 0.845. The van der Waals surface area contributed by atoms with Gasteiger partial charge in [-0.15, -0.1) is 0 Å². The van der Waals surface area contributed by atoms with Crippen LogP contribution in [0, 0.1) is 5.92 Å². The van der Waals surface area contributed by atoms with Gasteiger partial charge in [-0.3, -0.25) is 4.90 Å². The lowest BCUT2D eigenvalue weighted by Gasteiger charge is -2.29. The number of aliphatic hydroxyl groups is 1. The molecule has 0 spiro atoms. The predicted octanol–water partition coefficient (Wildman–Crippen LogP) is 2.65. The van der Waals surface area contributed by atoms with E-state index in [9.17, 15) is 5.11 Å². The molecule has 3 atom stereocenters. The highest BCUT2D eigenvalue weighted by atomic mass is 16.3. The molecule has 1 aliphatic heterocycles.